The Hall–Kier alpha value is -2.62. The second-order valence-corrected chi connectivity index (χ2v) is 5.02. The van der Waals surface area contributed by atoms with Gasteiger partial charge in [-0.2, -0.15) is 5.10 Å². The van der Waals surface area contributed by atoms with Crippen LogP contribution >= 0.6 is 0 Å². The summed E-state index contributed by atoms with van der Waals surface area (Å²) < 4.78 is 1.88. The number of benzene rings is 1. The number of aromatic nitrogens is 3. The number of hydrogen-bond donors (Lipinski definition) is 1. The molecule has 0 fully saturated rings. The Kier molecular flexibility index (Phi) is 3.69. The van der Waals surface area contributed by atoms with E-state index in [1.807, 2.05) is 53.5 Å². The van der Waals surface area contributed by atoms with Crippen LogP contribution in [0.15, 0.2) is 54.9 Å². The van der Waals surface area contributed by atoms with Crippen molar-refractivity contribution in [1.82, 2.24) is 14.8 Å². The van der Waals surface area contributed by atoms with Gasteiger partial charge in [0.25, 0.3) is 0 Å². The third kappa shape index (κ3) is 2.94. The van der Waals surface area contributed by atoms with E-state index in [4.69, 9.17) is 5.73 Å². The first-order valence-corrected chi connectivity index (χ1v) is 7.13. The van der Waals surface area contributed by atoms with Crippen LogP contribution in [0.1, 0.15) is 19.0 Å². The number of nitrogen functional groups attached to an aromatic ring is 1. The maximum absolute atomic E-state index is 5.71. The first kappa shape index (κ1) is 13.4. The Bertz CT molecular complexity index is 729. The molecule has 0 aliphatic rings. The number of rotatable bonds is 4. The van der Waals surface area contributed by atoms with E-state index in [1.54, 1.807) is 0 Å². The topological polar surface area (TPSA) is 56.7 Å². The molecule has 2 heterocycles. The molecule has 0 aliphatic heterocycles. The van der Waals surface area contributed by atoms with Crippen molar-refractivity contribution in [2.45, 2.75) is 19.8 Å². The predicted octanol–water partition coefficient (Wildman–Crippen LogP) is 3.47. The van der Waals surface area contributed by atoms with Crippen molar-refractivity contribution >= 4 is 5.69 Å². The van der Waals surface area contributed by atoms with E-state index in [-0.39, 0.29) is 0 Å². The van der Waals surface area contributed by atoms with Gasteiger partial charge in [-0.15, -0.1) is 0 Å². The van der Waals surface area contributed by atoms with Crippen LogP contribution in [0, 0.1) is 0 Å². The van der Waals surface area contributed by atoms with Gasteiger partial charge < -0.3 is 5.73 Å². The summed E-state index contributed by atoms with van der Waals surface area (Å²) in [4.78, 5) is 4.37. The van der Waals surface area contributed by atoms with Gasteiger partial charge in [0.2, 0.25) is 0 Å². The summed E-state index contributed by atoms with van der Waals surface area (Å²) in [6.07, 6.45) is 5.88. The molecule has 3 rings (SSSR count). The van der Waals surface area contributed by atoms with E-state index in [2.05, 4.69) is 23.1 Å². The fourth-order valence-electron chi connectivity index (χ4n) is 2.28. The SMILES string of the molecule is CCCc1cc(-n2ccc(-c3ccc(N)cc3)n2)ccn1. The molecule has 2 N–H and O–H groups in total. The Labute approximate surface area is 124 Å². The maximum atomic E-state index is 5.71. The number of pyridine rings is 1. The van der Waals surface area contributed by atoms with Crippen LogP contribution < -0.4 is 5.73 Å². The molecule has 106 valence electrons. The molecule has 4 nitrogen and oxygen atoms in total. The molecule has 2 aromatic heterocycles. The largest absolute Gasteiger partial charge is 0.399 e. The Balaban J connectivity index is 1.91. The van der Waals surface area contributed by atoms with Crippen LogP contribution in [-0.2, 0) is 6.42 Å². The first-order chi connectivity index (χ1) is 10.3. The third-order valence-corrected chi connectivity index (χ3v) is 3.37. The fraction of sp³-hybridized carbons (Fsp3) is 0.176. The summed E-state index contributed by atoms with van der Waals surface area (Å²) in [5, 5.41) is 4.63. The number of anilines is 1. The molecule has 3 aromatic rings. The quantitative estimate of drug-likeness (QED) is 0.743. The third-order valence-electron chi connectivity index (χ3n) is 3.37. The van der Waals surface area contributed by atoms with Gasteiger partial charge in [0.05, 0.1) is 11.4 Å². The second kappa shape index (κ2) is 5.79. The zero-order valence-electron chi connectivity index (χ0n) is 12.0. The smallest absolute Gasteiger partial charge is 0.0927 e. The van der Waals surface area contributed by atoms with Gasteiger partial charge in [-0.1, -0.05) is 25.5 Å². The standard InChI is InChI=1S/C17H18N4/c1-2-3-15-12-16(8-10-19-15)21-11-9-17(20-21)13-4-6-14(18)7-5-13/h4-12H,2-3,18H2,1H3. The Morgan fingerprint density at radius 1 is 1.10 bits per heavy atom. The van der Waals surface area contributed by atoms with Gasteiger partial charge in [-0.25, -0.2) is 4.68 Å². The summed E-state index contributed by atoms with van der Waals surface area (Å²) >= 11 is 0. The van der Waals surface area contributed by atoms with Crippen LogP contribution in [0.5, 0.6) is 0 Å². The van der Waals surface area contributed by atoms with Crippen molar-refractivity contribution in [2.75, 3.05) is 5.73 Å². The molecule has 0 saturated carbocycles. The lowest BCUT2D eigenvalue weighted by Crippen LogP contribution is -1.98. The van der Waals surface area contributed by atoms with Crippen molar-refractivity contribution in [3.05, 3.63) is 60.6 Å². The Morgan fingerprint density at radius 2 is 1.90 bits per heavy atom. The lowest BCUT2D eigenvalue weighted by Gasteiger charge is -2.04. The summed E-state index contributed by atoms with van der Waals surface area (Å²) in [6.45, 7) is 2.15. The van der Waals surface area contributed by atoms with Crippen LogP contribution in [0.4, 0.5) is 5.69 Å². The van der Waals surface area contributed by atoms with E-state index in [1.165, 1.54) is 0 Å². The maximum Gasteiger partial charge on any atom is 0.0927 e. The summed E-state index contributed by atoms with van der Waals surface area (Å²) in [5.74, 6) is 0. The zero-order chi connectivity index (χ0) is 14.7. The highest BCUT2D eigenvalue weighted by atomic mass is 15.3. The van der Waals surface area contributed by atoms with E-state index in [0.29, 0.717) is 0 Å². The van der Waals surface area contributed by atoms with E-state index in [0.717, 1.165) is 41.2 Å². The molecule has 0 aliphatic carbocycles. The second-order valence-electron chi connectivity index (χ2n) is 5.02. The van der Waals surface area contributed by atoms with Crippen molar-refractivity contribution in [1.29, 1.82) is 0 Å². The minimum absolute atomic E-state index is 0.761. The first-order valence-electron chi connectivity index (χ1n) is 7.13. The number of hydrogen-bond acceptors (Lipinski definition) is 3. The molecular weight excluding hydrogens is 260 g/mol. The number of nitrogens with two attached hydrogens (primary N) is 1. The number of aryl methyl sites for hydroxylation is 1. The average molecular weight is 278 g/mol. The molecule has 4 heteroatoms. The molecule has 1 aromatic carbocycles. The molecule has 0 unspecified atom stereocenters. The molecule has 0 amide bonds. The molecule has 0 atom stereocenters. The van der Waals surface area contributed by atoms with Crippen molar-refractivity contribution in [3.8, 4) is 16.9 Å². The summed E-state index contributed by atoms with van der Waals surface area (Å²) in [6, 6.07) is 13.8. The van der Waals surface area contributed by atoms with Crippen LogP contribution in [0.25, 0.3) is 16.9 Å². The fourth-order valence-corrected chi connectivity index (χ4v) is 2.28. The molecule has 21 heavy (non-hydrogen) atoms. The highest BCUT2D eigenvalue weighted by Crippen LogP contribution is 2.20. The normalized spacial score (nSPS) is 10.7. The monoisotopic (exact) mass is 278 g/mol. The van der Waals surface area contributed by atoms with Gasteiger partial charge in [-0.3, -0.25) is 4.98 Å². The van der Waals surface area contributed by atoms with E-state index in [9.17, 15) is 0 Å². The molecule has 0 saturated heterocycles. The Morgan fingerprint density at radius 3 is 2.67 bits per heavy atom. The lowest BCUT2D eigenvalue weighted by molar-refractivity contribution is 0.850. The van der Waals surface area contributed by atoms with E-state index >= 15 is 0 Å². The van der Waals surface area contributed by atoms with Gasteiger partial charge in [0.1, 0.15) is 0 Å². The van der Waals surface area contributed by atoms with Gasteiger partial charge in [-0.05, 0) is 36.8 Å². The lowest BCUT2D eigenvalue weighted by atomic mass is 10.1. The van der Waals surface area contributed by atoms with Crippen molar-refractivity contribution in [2.24, 2.45) is 0 Å². The molecule has 0 radical (unpaired) electrons. The van der Waals surface area contributed by atoms with Gasteiger partial charge >= 0.3 is 0 Å². The minimum Gasteiger partial charge on any atom is -0.399 e. The van der Waals surface area contributed by atoms with Crippen LogP contribution in [0.2, 0.25) is 0 Å². The highest BCUT2D eigenvalue weighted by Gasteiger charge is 2.05. The van der Waals surface area contributed by atoms with Crippen molar-refractivity contribution < 1.29 is 0 Å². The van der Waals surface area contributed by atoms with Gasteiger partial charge in [0.15, 0.2) is 0 Å². The van der Waals surface area contributed by atoms with E-state index < -0.39 is 0 Å². The molecule has 0 spiro atoms. The predicted molar refractivity (Wildman–Crippen MR) is 85.2 cm³/mol. The summed E-state index contributed by atoms with van der Waals surface area (Å²) in [7, 11) is 0. The summed E-state index contributed by atoms with van der Waals surface area (Å²) in [5.41, 5.74) is 10.6. The van der Waals surface area contributed by atoms with Crippen LogP contribution in [-0.4, -0.2) is 14.8 Å². The van der Waals surface area contributed by atoms with Gasteiger partial charge in [0, 0.05) is 29.3 Å². The highest BCUT2D eigenvalue weighted by molar-refractivity contribution is 5.61. The average Bonchev–Trinajstić information content (AvgIpc) is 2.98. The molecular formula is C17H18N4. The zero-order valence-corrected chi connectivity index (χ0v) is 12.0. The van der Waals surface area contributed by atoms with Crippen LogP contribution in [0.3, 0.4) is 0 Å². The molecule has 0 bridgehead atoms. The minimum atomic E-state index is 0.761. The van der Waals surface area contributed by atoms with Crippen molar-refractivity contribution in [3.63, 3.8) is 0 Å². The number of nitrogens with zero attached hydrogens (tertiary/aromatic N) is 3.